The largest absolute Gasteiger partial charge is 0.308 e. The second kappa shape index (κ2) is 3.88. The number of hydrogen-bond donors (Lipinski definition) is 0. The summed E-state index contributed by atoms with van der Waals surface area (Å²) < 4.78 is 14.7. The van der Waals surface area contributed by atoms with Crippen molar-refractivity contribution < 1.29 is 4.39 Å². The summed E-state index contributed by atoms with van der Waals surface area (Å²) in [4.78, 5) is 0. The molecule has 2 aromatic rings. The minimum absolute atomic E-state index is 0.229. The van der Waals surface area contributed by atoms with Crippen molar-refractivity contribution in [2.24, 2.45) is 0 Å². The molecule has 0 aliphatic heterocycles. The highest BCUT2D eigenvalue weighted by molar-refractivity contribution is 5.45. The fourth-order valence-electron chi connectivity index (χ4n) is 1.47. The van der Waals surface area contributed by atoms with Gasteiger partial charge in [0.25, 0.3) is 0 Å². The zero-order chi connectivity index (χ0) is 11.5. The number of benzene rings is 1. The molecule has 4 heteroatoms. The van der Waals surface area contributed by atoms with Crippen LogP contribution in [0, 0.1) is 28.5 Å². The van der Waals surface area contributed by atoms with Gasteiger partial charge in [-0.3, -0.25) is 0 Å². The zero-order valence-corrected chi connectivity index (χ0v) is 8.18. The van der Waals surface area contributed by atoms with E-state index in [4.69, 9.17) is 10.5 Å². The highest BCUT2D eigenvalue weighted by atomic mass is 19.1. The Balaban J connectivity index is 2.62. The minimum atomic E-state index is -0.494. The van der Waals surface area contributed by atoms with Crippen LogP contribution in [0.15, 0.2) is 36.5 Å². The van der Waals surface area contributed by atoms with E-state index in [9.17, 15) is 4.39 Å². The fourth-order valence-corrected chi connectivity index (χ4v) is 1.47. The van der Waals surface area contributed by atoms with Gasteiger partial charge in [-0.25, -0.2) is 4.39 Å². The first kappa shape index (κ1) is 9.95. The number of rotatable bonds is 1. The van der Waals surface area contributed by atoms with Crippen LogP contribution < -0.4 is 0 Å². The van der Waals surface area contributed by atoms with Crippen LogP contribution in [0.3, 0.4) is 0 Å². The molecule has 0 aliphatic rings. The Bertz CT molecular complexity index is 614. The molecule has 0 saturated carbocycles. The van der Waals surface area contributed by atoms with Crippen molar-refractivity contribution >= 4 is 0 Å². The monoisotopic (exact) mass is 211 g/mol. The number of nitriles is 2. The molecule has 1 heterocycles. The van der Waals surface area contributed by atoms with Gasteiger partial charge in [0.1, 0.15) is 17.6 Å². The Labute approximate surface area is 91.6 Å². The third kappa shape index (κ3) is 1.65. The van der Waals surface area contributed by atoms with Crippen LogP contribution in [-0.2, 0) is 0 Å². The highest BCUT2D eigenvalue weighted by Gasteiger charge is 2.05. The molecule has 1 aromatic carbocycles. The van der Waals surface area contributed by atoms with E-state index in [1.54, 1.807) is 18.3 Å². The van der Waals surface area contributed by atoms with Gasteiger partial charge in [-0.15, -0.1) is 0 Å². The number of nitrogens with zero attached hydrogens (tertiary/aromatic N) is 3. The highest BCUT2D eigenvalue weighted by Crippen LogP contribution is 2.15. The Morgan fingerprint density at radius 1 is 1.12 bits per heavy atom. The van der Waals surface area contributed by atoms with E-state index in [1.807, 2.05) is 12.1 Å². The normalized spacial score (nSPS) is 9.44. The average Bonchev–Trinajstić information content (AvgIpc) is 2.76. The van der Waals surface area contributed by atoms with Crippen molar-refractivity contribution in [3.05, 3.63) is 53.6 Å². The first-order valence-electron chi connectivity index (χ1n) is 4.53. The van der Waals surface area contributed by atoms with Crippen LogP contribution in [0.1, 0.15) is 11.3 Å². The molecule has 1 aromatic heterocycles. The molecule has 0 bridgehead atoms. The first-order chi connectivity index (χ1) is 7.74. The van der Waals surface area contributed by atoms with E-state index in [-0.39, 0.29) is 5.56 Å². The van der Waals surface area contributed by atoms with E-state index in [1.165, 1.54) is 16.7 Å². The van der Waals surface area contributed by atoms with Crippen molar-refractivity contribution in [1.29, 1.82) is 10.5 Å². The first-order valence-corrected chi connectivity index (χ1v) is 4.53. The molecular formula is C12H6FN3. The molecule has 0 atom stereocenters. The van der Waals surface area contributed by atoms with Gasteiger partial charge in [-0.05, 0) is 30.3 Å². The summed E-state index contributed by atoms with van der Waals surface area (Å²) >= 11 is 0. The van der Waals surface area contributed by atoms with E-state index < -0.39 is 5.82 Å². The maximum Gasteiger partial charge on any atom is 0.126 e. The van der Waals surface area contributed by atoms with Crippen LogP contribution in [0.2, 0.25) is 0 Å². The van der Waals surface area contributed by atoms with Gasteiger partial charge in [0.15, 0.2) is 0 Å². The molecule has 0 aliphatic carbocycles. The van der Waals surface area contributed by atoms with Gasteiger partial charge in [0, 0.05) is 6.20 Å². The summed E-state index contributed by atoms with van der Waals surface area (Å²) in [7, 11) is 0. The molecule has 0 spiro atoms. The van der Waals surface area contributed by atoms with Gasteiger partial charge in [0.05, 0.1) is 17.3 Å². The van der Waals surface area contributed by atoms with Crippen molar-refractivity contribution in [3.63, 3.8) is 0 Å². The van der Waals surface area contributed by atoms with E-state index in [2.05, 4.69) is 0 Å². The summed E-state index contributed by atoms with van der Waals surface area (Å²) in [6.45, 7) is 0. The maximum absolute atomic E-state index is 13.2. The van der Waals surface area contributed by atoms with Gasteiger partial charge in [-0.1, -0.05) is 0 Å². The lowest BCUT2D eigenvalue weighted by atomic mass is 10.2. The lowest BCUT2D eigenvalue weighted by Gasteiger charge is -2.05. The summed E-state index contributed by atoms with van der Waals surface area (Å²) in [5, 5.41) is 17.6. The van der Waals surface area contributed by atoms with Crippen molar-refractivity contribution in [1.82, 2.24) is 4.57 Å². The lowest BCUT2D eigenvalue weighted by Crippen LogP contribution is -1.96. The Hall–Kier alpha value is -2.59. The molecule has 0 radical (unpaired) electrons. The Morgan fingerprint density at radius 3 is 2.62 bits per heavy atom. The molecule has 16 heavy (non-hydrogen) atoms. The lowest BCUT2D eigenvalue weighted by molar-refractivity contribution is 0.626. The number of halogens is 1. The van der Waals surface area contributed by atoms with E-state index >= 15 is 0 Å². The van der Waals surface area contributed by atoms with Crippen LogP contribution >= 0.6 is 0 Å². The van der Waals surface area contributed by atoms with Crippen LogP contribution in [0.5, 0.6) is 0 Å². The van der Waals surface area contributed by atoms with Gasteiger partial charge < -0.3 is 4.57 Å². The summed E-state index contributed by atoms with van der Waals surface area (Å²) in [6, 6.07) is 11.1. The van der Waals surface area contributed by atoms with E-state index in [0.717, 1.165) is 6.07 Å². The predicted molar refractivity (Wildman–Crippen MR) is 55.2 cm³/mol. The molecular weight excluding hydrogens is 205 g/mol. The smallest absolute Gasteiger partial charge is 0.126 e. The summed E-state index contributed by atoms with van der Waals surface area (Å²) in [6.07, 6.45) is 1.65. The fraction of sp³-hybridized carbons (Fsp3) is 0. The molecule has 0 amide bonds. The molecule has 0 saturated heterocycles. The van der Waals surface area contributed by atoms with Gasteiger partial charge in [0.2, 0.25) is 0 Å². The van der Waals surface area contributed by atoms with Crippen LogP contribution in [-0.4, -0.2) is 4.57 Å². The van der Waals surface area contributed by atoms with Crippen molar-refractivity contribution in [2.75, 3.05) is 0 Å². The number of hydrogen-bond acceptors (Lipinski definition) is 2. The third-order valence-electron chi connectivity index (χ3n) is 2.15. The summed E-state index contributed by atoms with van der Waals surface area (Å²) in [5.41, 5.74) is 1.10. The maximum atomic E-state index is 13.2. The third-order valence-corrected chi connectivity index (χ3v) is 2.15. The van der Waals surface area contributed by atoms with Gasteiger partial charge in [-0.2, -0.15) is 10.5 Å². The standard InChI is InChI=1S/C12H6FN3/c13-10-4-9(7-14)5-12(6-10)16-3-1-2-11(16)8-15/h1-6H. The second-order valence-electron chi connectivity index (χ2n) is 3.19. The van der Waals surface area contributed by atoms with Crippen molar-refractivity contribution in [3.8, 4) is 17.8 Å². The quantitative estimate of drug-likeness (QED) is 0.727. The molecule has 0 unspecified atom stereocenters. The van der Waals surface area contributed by atoms with E-state index in [0.29, 0.717) is 11.4 Å². The SMILES string of the molecule is N#Cc1cc(F)cc(-n2cccc2C#N)c1. The Kier molecular flexibility index (Phi) is 2.41. The second-order valence-corrected chi connectivity index (χ2v) is 3.19. The molecule has 0 fully saturated rings. The molecule has 76 valence electrons. The van der Waals surface area contributed by atoms with Crippen LogP contribution in [0.25, 0.3) is 5.69 Å². The molecule has 0 N–H and O–H groups in total. The summed E-state index contributed by atoms with van der Waals surface area (Å²) in [5.74, 6) is -0.494. The Morgan fingerprint density at radius 2 is 1.94 bits per heavy atom. The zero-order valence-electron chi connectivity index (χ0n) is 8.18. The van der Waals surface area contributed by atoms with Gasteiger partial charge >= 0.3 is 0 Å². The minimum Gasteiger partial charge on any atom is -0.308 e. The average molecular weight is 211 g/mol. The predicted octanol–water partition coefficient (Wildman–Crippen LogP) is 2.36. The topological polar surface area (TPSA) is 52.5 Å². The number of aromatic nitrogens is 1. The molecule has 3 nitrogen and oxygen atoms in total. The van der Waals surface area contributed by atoms with Crippen molar-refractivity contribution in [2.45, 2.75) is 0 Å². The van der Waals surface area contributed by atoms with Crippen LogP contribution in [0.4, 0.5) is 4.39 Å². The molecule has 2 rings (SSSR count).